The highest BCUT2D eigenvalue weighted by Crippen LogP contribution is 2.17. The second kappa shape index (κ2) is 4.86. The van der Waals surface area contributed by atoms with Gasteiger partial charge in [-0.25, -0.2) is 0 Å². The van der Waals surface area contributed by atoms with Crippen molar-refractivity contribution in [3.05, 3.63) is 35.5 Å². The first-order valence-electron chi connectivity index (χ1n) is 5.54. The molecule has 0 fully saturated rings. The zero-order valence-corrected chi connectivity index (χ0v) is 10.0. The molecular formula is C12H16N4O. The van der Waals surface area contributed by atoms with Crippen LogP contribution < -0.4 is 11.1 Å². The van der Waals surface area contributed by atoms with E-state index >= 15 is 0 Å². The van der Waals surface area contributed by atoms with Crippen LogP contribution in [0.4, 0.5) is 11.4 Å². The number of nitrogens with zero attached hydrogens (tertiary/aromatic N) is 2. The minimum atomic E-state index is 0.597. The molecule has 90 valence electrons. The monoisotopic (exact) mass is 232 g/mol. The Balaban J connectivity index is 1.91. The van der Waals surface area contributed by atoms with E-state index in [9.17, 15) is 0 Å². The van der Waals surface area contributed by atoms with Crippen molar-refractivity contribution >= 4 is 11.4 Å². The van der Waals surface area contributed by atoms with Crippen LogP contribution in [-0.4, -0.2) is 16.7 Å². The largest absolute Gasteiger partial charge is 0.399 e. The second-order valence-corrected chi connectivity index (χ2v) is 3.98. The number of anilines is 2. The zero-order valence-electron chi connectivity index (χ0n) is 10.0. The van der Waals surface area contributed by atoms with Crippen molar-refractivity contribution in [3.8, 4) is 0 Å². The van der Waals surface area contributed by atoms with Gasteiger partial charge >= 0.3 is 0 Å². The minimum Gasteiger partial charge on any atom is -0.399 e. The molecule has 0 bridgehead atoms. The fraction of sp³-hybridized carbons (Fsp3) is 0.333. The molecule has 2 rings (SSSR count). The van der Waals surface area contributed by atoms with Crippen LogP contribution in [0.1, 0.15) is 17.3 Å². The lowest BCUT2D eigenvalue weighted by Crippen LogP contribution is -2.07. The van der Waals surface area contributed by atoms with E-state index in [1.165, 1.54) is 5.56 Å². The second-order valence-electron chi connectivity index (χ2n) is 3.98. The maximum atomic E-state index is 5.73. The Bertz CT molecular complexity index is 507. The maximum Gasteiger partial charge on any atom is 0.223 e. The van der Waals surface area contributed by atoms with E-state index in [1.54, 1.807) is 6.92 Å². The SMILES string of the molecule is Cc1nc(CCNc2cc(N)ccc2C)no1. The molecule has 0 aliphatic rings. The Kier molecular flexibility index (Phi) is 3.27. The first-order chi connectivity index (χ1) is 8.15. The van der Waals surface area contributed by atoms with Crippen LogP contribution in [0, 0.1) is 13.8 Å². The lowest BCUT2D eigenvalue weighted by molar-refractivity contribution is 0.387. The number of rotatable bonds is 4. The molecule has 2 aromatic rings. The topological polar surface area (TPSA) is 77.0 Å². The zero-order chi connectivity index (χ0) is 12.3. The molecule has 1 aromatic carbocycles. The maximum absolute atomic E-state index is 5.73. The van der Waals surface area contributed by atoms with E-state index in [4.69, 9.17) is 10.3 Å². The van der Waals surface area contributed by atoms with Crippen LogP contribution in [-0.2, 0) is 6.42 Å². The molecule has 0 saturated carbocycles. The summed E-state index contributed by atoms with van der Waals surface area (Å²) >= 11 is 0. The van der Waals surface area contributed by atoms with E-state index in [0.717, 1.165) is 30.2 Å². The van der Waals surface area contributed by atoms with Crippen molar-refractivity contribution in [2.75, 3.05) is 17.6 Å². The van der Waals surface area contributed by atoms with Gasteiger partial charge in [-0.1, -0.05) is 11.2 Å². The van der Waals surface area contributed by atoms with Crippen molar-refractivity contribution in [1.29, 1.82) is 0 Å². The lowest BCUT2D eigenvalue weighted by Gasteiger charge is -2.09. The van der Waals surface area contributed by atoms with Crippen molar-refractivity contribution in [2.45, 2.75) is 20.3 Å². The van der Waals surface area contributed by atoms with Gasteiger partial charge in [-0.3, -0.25) is 0 Å². The molecule has 0 amide bonds. The highest BCUT2D eigenvalue weighted by atomic mass is 16.5. The van der Waals surface area contributed by atoms with Crippen molar-refractivity contribution in [3.63, 3.8) is 0 Å². The molecule has 0 aliphatic carbocycles. The number of nitrogens with one attached hydrogen (secondary N) is 1. The number of aromatic nitrogens is 2. The standard InChI is InChI=1S/C12H16N4O/c1-8-3-4-10(13)7-11(8)14-6-5-12-15-9(2)17-16-12/h3-4,7,14H,5-6,13H2,1-2H3. The van der Waals surface area contributed by atoms with Crippen molar-refractivity contribution in [1.82, 2.24) is 10.1 Å². The summed E-state index contributed by atoms with van der Waals surface area (Å²) in [6.45, 7) is 4.58. The van der Waals surface area contributed by atoms with E-state index in [1.807, 2.05) is 25.1 Å². The molecule has 0 radical (unpaired) electrons. The summed E-state index contributed by atoms with van der Waals surface area (Å²) in [5.74, 6) is 1.32. The van der Waals surface area contributed by atoms with Crippen LogP contribution >= 0.6 is 0 Å². The van der Waals surface area contributed by atoms with Crippen LogP contribution in [0.25, 0.3) is 0 Å². The Morgan fingerprint density at radius 1 is 1.35 bits per heavy atom. The van der Waals surface area contributed by atoms with Crippen molar-refractivity contribution < 1.29 is 4.52 Å². The fourth-order valence-electron chi connectivity index (χ4n) is 1.58. The molecular weight excluding hydrogens is 216 g/mol. The normalized spacial score (nSPS) is 10.5. The summed E-state index contributed by atoms with van der Waals surface area (Å²) in [6, 6.07) is 5.82. The van der Waals surface area contributed by atoms with Gasteiger partial charge in [0.2, 0.25) is 5.89 Å². The third kappa shape index (κ3) is 2.96. The van der Waals surface area contributed by atoms with E-state index in [-0.39, 0.29) is 0 Å². The number of hydrogen-bond acceptors (Lipinski definition) is 5. The van der Waals surface area contributed by atoms with Crippen molar-refractivity contribution in [2.24, 2.45) is 0 Å². The Labute approximate surface area is 100 Å². The van der Waals surface area contributed by atoms with E-state index in [2.05, 4.69) is 15.5 Å². The molecule has 0 aliphatic heterocycles. The van der Waals surface area contributed by atoms with Gasteiger partial charge in [0.25, 0.3) is 0 Å². The molecule has 0 saturated heterocycles. The van der Waals surface area contributed by atoms with E-state index in [0.29, 0.717) is 5.89 Å². The average Bonchev–Trinajstić information content (AvgIpc) is 2.69. The third-order valence-corrected chi connectivity index (χ3v) is 2.50. The first kappa shape index (κ1) is 11.4. The van der Waals surface area contributed by atoms with Crippen LogP contribution in [0.2, 0.25) is 0 Å². The highest BCUT2D eigenvalue weighted by Gasteiger charge is 2.02. The van der Waals surface area contributed by atoms with Gasteiger partial charge in [-0.2, -0.15) is 4.98 Å². The number of aryl methyl sites for hydroxylation is 2. The van der Waals surface area contributed by atoms with Crippen LogP contribution in [0.3, 0.4) is 0 Å². The predicted octanol–water partition coefficient (Wildman–Crippen LogP) is 1.92. The molecule has 1 heterocycles. The van der Waals surface area contributed by atoms with Gasteiger partial charge in [0.05, 0.1) is 0 Å². The Morgan fingerprint density at radius 3 is 2.88 bits per heavy atom. The molecule has 0 atom stereocenters. The highest BCUT2D eigenvalue weighted by molar-refractivity contribution is 5.59. The van der Waals surface area contributed by atoms with Gasteiger partial charge < -0.3 is 15.6 Å². The quantitative estimate of drug-likeness (QED) is 0.787. The summed E-state index contributed by atoms with van der Waals surface area (Å²) in [5.41, 5.74) is 8.71. The molecule has 0 spiro atoms. The van der Waals surface area contributed by atoms with Crippen LogP contribution in [0.15, 0.2) is 22.7 Å². The first-order valence-corrected chi connectivity index (χ1v) is 5.54. The molecule has 1 aromatic heterocycles. The van der Waals surface area contributed by atoms with Gasteiger partial charge in [-0.05, 0) is 24.6 Å². The summed E-state index contributed by atoms with van der Waals surface area (Å²) in [6.07, 6.45) is 0.728. The predicted molar refractivity (Wildman–Crippen MR) is 66.8 cm³/mol. The summed E-state index contributed by atoms with van der Waals surface area (Å²) < 4.78 is 4.90. The molecule has 17 heavy (non-hydrogen) atoms. The van der Waals surface area contributed by atoms with Gasteiger partial charge in [0, 0.05) is 31.3 Å². The third-order valence-electron chi connectivity index (χ3n) is 2.50. The van der Waals surface area contributed by atoms with E-state index < -0.39 is 0 Å². The van der Waals surface area contributed by atoms with Gasteiger partial charge in [0.1, 0.15) is 0 Å². The van der Waals surface area contributed by atoms with Gasteiger partial charge in [-0.15, -0.1) is 0 Å². The van der Waals surface area contributed by atoms with Crippen LogP contribution in [0.5, 0.6) is 0 Å². The molecule has 5 nitrogen and oxygen atoms in total. The number of nitrogen functional groups attached to an aromatic ring is 1. The molecule has 0 unspecified atom stereocenters. The molecule has 3 N–H and O–H groups in total. The van der Waals surface area contributed by atoms with Gasteiger partial charge in [0.15, 0.2) is 5.82 Å². The Hall–Kier alpha value is -2.04. The molecule has 5 heteroatoms. The number of benzene rings is 1. The number of hydrogen-bond donors (Lipinski definition) is 2. The minimum absolute atomic E-state index is 0.597. The summed E-state index contributed by atoms with van der Waals surface area (Å²) in [5, 5.41) is 7.15. The Morgan fingerprint density at radius 2 is 2.18 bits per heavy atom. The lowest BCUT2D eigenvalue weighted by atomic mass is 10.2. The number of nitrogens with two attached hydrogens (primary N) is 1. The average molecular weight is 232 g/mol. The fourth-order valence-corrected chi connectivity index (χ4v) is 1.58. The smallest absolute Gasteiger partial charge is 0.223 e. The summed E-state index contributed by atoms with van der Waals surface area (Å²) in [7, 11) is 0. The summed E-state index contributed by atoms with van der Waals surface area (Å²) in [4.78, 5) is 4.14.